The highest BCUT2D eigenvalue weighted by molar-refractivity contribution is 6.33. The third-order valence-electron chi connectivity index (χ3n) is 6.20. The van der Waals surface area contributed by atoms with Gasteiger partial charge >= 0.3 is 0 Å². The Bertz CT molecular complexity index is 1250. The van der Waals surface area contributed by atoms with E-state index in [4.69, 9.17) is 40.0 Å². The molecule has 0 radical (unpaired) electrons. The van der Waals surface area contributed by atoms with Gasteiger partial charge in [-0.3, -0.25) is 0 Å². The number of hydrogen-bond acceptors (Lipinski definition) is 10. The molecule has 0 saturated carbocycles. The first-order valence-corrected chi connectivity index (χ1v) is 12.2. The van der Waals surface area contributed by atoms with Crippen molar-refractivity contribution in [2.75, 3.05) is 46.0 Å². The Morgan fingerprint density at radius 2 is 1.82 bits per heavy atom. The van der Waals surface area contributed by atoms with Gasteiger partial charge in [0, 0.05) is 38.5 Å². The van der Waals surface area contributed by atoms with Gasteiger partial charge < -0.3 is 43.8 Å². The predicted molar refractivity (Wildman–Crippen MR) is 131 cm³/mol. The number of rotatable bonds is 11. The first kappa shape index (κ1) is 26.8. The molecule has 11 nitrogen and oxygen atoms in total. The largest absolute Gasteiger partial charge is 0.485 e. The molecule has 2 saturated heterocycles. The Balaban J connectivity index is 1.26. The van der Waals surface area contributed by atoms with Crippen LogP contribution in [-0.4, -0.2) is 91.2 Å². The Labute approximate surface area is 221 Å². The quantitative estimate of drug-likeness (QED) is 0.324. The van der Waals surface area contributed by atoms with Crippen LogP contribution < -0.4 is 14.8 Å². The van der Waals surface area contributed by atoms with Gasteiger partial charge in [-0.15, -0.1) is 0 Å². The van der Waals surface area contributed by atoms with Gasteiger partial charge in [0.2, 0.25) is 0 Å². The standard InChI is InChI=1S/C24H27ClF2N4O7/c1-33-7-12(8-34-2)37-11-3-15(26)13(16(27)4-11)6-28-22-14(25)5-17-23(30-22)31-24(29-17)38-19-10-36-20-18(32)9-35-21(19)20/h3-5,12,18-21,32H,6-10H2,1-2H3,(H2,28,29,30,31)/t18-,19-,20-,21-/m1/s1. The molecule has 206 valence electrons. The zero-order chi connectivity index (χ0) is 26.8. The minimum atomic E-state index is -0.801. The SMILES string of the molecule is COCC(COC)Oc1cc(F)c(CNc2nc3nc(O[C@@H]4CO[C@H]5[C@@H]4OC[C@H]5O)[nH]c3cc2Cl)c(F)c1. The van der Waals surface area contributed by atoms with Crippen LogP contribution in [0.1, 0.15) is 5.56 Å². The van der Waals surface area contributed by atoms with E-state index in [-0.39, 0.29) is 66.8 Å². The van der Waals surface area contributed by atoms with Crippen molar-refractivity contribution in [3.63, 3.8) is 0 Å². The summed E-state index contributed by atoms with van der Waals surface area (Å²) in [5, 5.41) is 13.0. The summed E-state index contributed by atoms with van der Waals surface area (Å²) in [4.78, 5) is 11.7. The van der Waals surface area contributed by atoms with Crippen molar-refractivity contribution >= 4 is 28.6 Å². The van der Waals surface area contributed by atoms with Gasteiger partial charge in [0.25, 0.3) is 6.01 Å². The second-order valence-electron chi connectivity index (χ2n) is 8.92. The van der Waals surface area contributed by atoms with E-state index in [2.05, 4.69) is 20.3 Å². The molecule has 0 spiro atoms. The lowest BCUT2D eigenvalue weighted by atomic mass is 10.1. The number of fused-ring (bicyclic) bond motifs is 2. The number of pyridine rings is 1. The molecule has 0 bridgehead atoms. The van der Waals surface area contributed by atoms with E-state index < -0.39 is 42.2 Å². The summed E-state index contributed by atoms with van der Waals surface area (Å²) in [5.74, 6) is -1.40. The average molecular weight is 557 g/mol. The van der Waals surface area contributed by atoms with Crippen molar-refractivity contribution in [3.8, 4) is 11.8 Å². The second-order valence-corrected chi connectivity index (χ2v) is 9.33. The van der Waals surface area contributed by atoms with E-state index in [0.717, 1.165) is 12.1 Å². The molecule has 4 heterocycles. The molecule has 0 aliphatic carbocycles. The lowest BCUT2D eigenvalue weighted by Gasteiger charge is -2.18. The number of ether oxygens (including phenoxy) is 6. The van der Waals surface area contributed by atoms with Gasteiger partial charge in [0.15, 0.2) is 11.8 Å². The second kappa shape index (κ2) is 11.5. The Hall–Kier alpha value is -2.81. The molecule has 38 heavy (non-hydrogen) atoms. The summed E-state index contributed by atoms with van der Waals surface area (Å²) in [5.41, 5.74) is 0.562. The van der Waals surface area contributed by atoms with Crippen LogP contribution in [0.25, 0.3) is 11.2 Å². The number of aromatic amines is 1. The van der Waals surface area contributed by atoms with Crippen LogP contribution in [0.3, 0.4) is 0 Å². The maximum Gasteiger partial charge on any atom is 0.296 e. The Morgan fingerprint density at radius 1 is 1.11 bits per heavy atom. The molecule has 4 atom stereocenters. The van der Waals surface area contributed by atoms with Crippen LogP contribution in [-0.2, 0) is 25.5 Å². The Morgan fingerprint density at radius 3 is 2.53 bits per heavy atom. The number of methoxy groups -OCH3 is 2. The molecule has 2 aliphatic heterocycles. The molecule has 2 aromatic heterocycles. The molecular formula is C24H27ClF2N4O7. The molecule has 0 unspecified atom stereocenters. The highest BCUT2D eigenvalue weighted by Crippen LogP contribution is 2.31. The van der Waals surface area contributed by atoms with Gasteiger partial charge in [-0.25, -0.2) is 13.8 Å². The van der Waals surface area contributed by atoms with Crippen molar-refractivity contribution in [2.45, 2.75) is 37.1 Å². The number of aliphatic hydroxyl groups is 1. The van der Waals surface area contributed by atoms with Crippen LogP contribution in [0.2, 0.25) is 5.02 Å². The number of H-pyrrole nitrogens is 1. The lowest BCUT2D eigenvalue weighted by molar-refractivity contribution is 0.00706. The van der Waals surface area contributed by atoms with E-state index in [1.165, 1.54) is 14.2 Å². The third-order valence-corrected chi connectivity index (χ3v) is 6.49. The van der Waals surface area contributed by atoms with Crippen molar-refractivity contribution in [1.82, 2.24) is 15.0 Å². The van der Waals surface area contributed by atoms with E-state index in [0.29, 0.717) is 5.52 Å². The Kier molecular flexibility index (Phi) is 8.12. The van der Waals surface area contributed by atoms with Crippen molar-refractivity contribution in [2.24, 2.45) is 0 Å². The average Bonchev–Trinajstić information content (AvgIpc) is 3.55. The summed E-state index contributed by atoms with van der Waals surface area (Å²) >= 11 is 6.35. The molecule has 0 amide bonds. The summed E-state index contributed by atoms with van der Waals surface area (Å²) in [6, 6.07) is 3.94. The summed E-state index contributed by atoms with van der Waals surface area (Å²) < 4.78 is 62.2. The van der Waals surface area contributed by atoms with Gasteiger partial charge in [-0.2, -0.15) is 4.98 Å². The molecule has 3 aromatic rings. The monoisotopic (exact) mass is 556 g/mol. The molecule has 1 aromatic carbocycles. The third kappa shape index (κ3) is 5.63. The van der Waals surface area contributed by atoms with Crippen LogP contribution >= 0.6 is 11.6 Å². The summed E-state index contributed by atoms with van der Waals surface area (Å²) in [7, 11) is 2.98. The number of halogens is 3. The fourth-order valence-corrected chi connectivity index (χ4v) is 4.65. The summed E-state index contributed by atoms with van der Waals surface area (Å²) in [6.45, 7) is 0.579. The molecule has 2 fully saturated rings. The molecule has 3 N–H and O–H groups in total. The summed E-state index contributed by atoms with van der Waals surface area (Å²) in [6.07, 6.45) is -2.51. The highest BCUT2D eigenvalue weighted by Gasteiger charge is 2.48. The maximum absolute atomic E-state index is 14.8. The van der Waals surface area contributed by atoms with Gasteiger partial charge in [-0.1, -0.05) is 11.6 Å². The smallest absolute Gasteiger partial charge is 0.296 e. The zero-order valence-electron chi connectivity index (χ0n) is 20.6. The minimum Gasteiger partial charge on any atom is -0.485 e. The van der Waals surface area contributed by atoms with Crippen LogP contribution in [0.15, 0.2) is 18.2 Å². The fourth-order valence-electron chi connectivity index (χ4n) is 4.43. The first-order valence-electron chi connectivity index (χ1n) is 11.9. The first-order chi connectivity index (χ1) is 18.4. The number of aliphatic hydroxyl groups excluding tert-OH is 1. The van der Waals surface area contributed by atoms with Crippen LogP contribution in [0.4, 0.5) is 14.6 Å². The number of benzene rings is 1. The lowest BCUT2D eigenvalue weighted by Crippen LogP contribution is -2.34. The van der Waals surface area contributed by atoms with Crippen LogP contribution in [0, 0.1) is 11.6 Å². The number of aromatic nitrogens is 3. The van der Waals surface area contributed by atoms with E-state index in [1.54, 1.807) is 6.07 Å². The normalized spacial score (nSPS) is 22.8. The highest BCUT2D eigenvalue weighted by atomic mass is 35.5. The van der Waals surface area contributed by atoms with E-state index in [9.17, 15) is 13.9 Å². The predicted octanol–water partition coefficient (Wildman–Crippen LogP) is 2.45. The van der Waals surface area contributed by atoms with E-state index >= 15 is 0 Å². The van der Waals surface area contributed by atoms with Crippen molar-refractivity contribution in [1.29, 1.82) is 0 Å². The fraction of sp³-hybridized carbons (Fsp3) is 0.500. The number of anilines is 1. The number of hydrogen-bond donors (Lipinski definition) is 3. The minimum absolute atomic E-state index is 0.0148. The maximum atomic E-state index is 14.8. The van der Waals surface area contributed by atoms with Crippen molar-refractivity contribution in [3.05, 3.63) is 40.4 Å². The van der Waals surface area contributed by atoms with E-state index in [1.807, 2.05) is 0 Å². The molecule has 5 rings (SSSR count). The van der Waals surface area contributed by atoms with Crippen molar-refractivity contribution < 1.29 is 42.3 Å². The van der Waals surface area contributed by atoms with Crippen LogP contribution in [0.5, 0.6) is 11.8 Å². The molecule has 2 aliphatic rings. The number of nitrogens with one attached hydrogen (secondary N) is 2. The van der Waals surface area contributed by atoms with Gasteiger partial charge in [0.1, 0.15) is 47.6 Å². The number of nitrogens with zero attached hydrogens (tertiary/aromatic N) is 2. The molecule has 14 heteroatoms. The van der Waals surface area contributed by atoms with Gasteiger partial charge in [0.05, 0.1) is 37.0 Å². The molecular weight excluding hydrogens is 530 g/mol. The van der Waals surface area contributed by atoms with Gasteiger partial charge in [-0.05, 0) is 6.07 Å². The topological polar surface area (TPSA) is 129 Å². The zero-order valence-corrected chi connectivity index (χ0v) is 21.3. The number of imidazole rings is 1.